The molecule has 1 atom stereocenters. The number of nitrogens with zero attached hydrogens (tertiary/aromatic N) is 1. The molecule has 0 aromatic heterocycles. The lowest BCUT2D eigenvalue weighted by molar-refractivity contribution is 0.239. The second-order valence-electron chi connectivity index (χ2n) is 3.78. The smallest absolute Gasteiger partial charge is 0.0309 e. The molecule has 0 radical (unpaired) electrons. The molecular weight excluding hydrogens is 158 g/mol. The van der Waals surface area contributed by atoms with Crippen molar-refractivity contribution in [3.63, 3.8) is 0 Å². The van der Waals surface area contributed by atoms with Gasteiger partial charge in [0.05, 0.1) is 0 Å². The molecular formula is C12H21N. The lowest BCUT2D eigenvalue weighted by Gasteiger charge is -2.27. The van der Waals surface area contributed by atoms with Crippen molar-refractivity contribution in [2.24, 2.45) is 0 Å². The quantitative estimate of drug-likeness (QED) is 0.600. The minimum absolute atomic E-state index is 0.524. The van der Waals surface area contributed by atoms with Crippen molar-refractivity contribution in [1.29, 1.82) is 0 Å². The highest BCUT2D eigenvalue weighted by Gasteiger charge is 2.15. The monoisotopic (exact) mass is 179 g/mol. The second-order valence-corrected chi connectivity index (χ2v) is 3.78. The zero-order chi connectivity index (χ0) is 9.52. The molecule has 13 heavy (non-hydrogen) atoms. The maximum absolute atomic E-state index is 3.90. The maximum atomic E-state index is 3.90. The van der Waals surface area contributed by atoms with Gasteiger partial charge in [-0.1, -0.05) is 25.0 Å². The van der Waals surface area contributed by atoms with Crippen molar-refractivity contribution in [3.05, 3.63) is 25.3 Å². The van der Waals surface area contributed by atoms with Crippen molar-refractivity contribution in [1.82, 2.24) is 4.90 Å². The van der Waals surface area contributed by atoms with Gasteiger partial charge in [0.15, 0.2) is 0 Å². The Balaban J connectivity index is 2.44. The third-order valence-corrected chi connectivity index (χ3v) is 2.79. The van der Waals surface area contributed by atoms with Crippen LogP contribution in [0.15, 0.2) is 25.3 Å². The summed E-state index contributed by atoms with van der Waals surface area (Å²) >= 11 is 0. The minimum Gasteiger partial charge on any atom is -0.297 e. The zero-order valence-corrected chi connectivity index (χ0v) is 8.54. The van der Waals surface area contributed by atoms with Crippen molar-refractivity contribution in [3.8, 4) is 0 Å². The predicted molar refractivity (Wildman–Crippen MR) is 58.8 cm³/mol. The lowest BCUT2D eigenvalue weighted by Crippen LogP contribution is -2.34. The molecule has 74 valence electrons. The van der Waals surface area contributed by atoms with Crippen LogP contribution >= 0.6 is 0 Å². The summed E-state index contributed by atoms with van der Waals surface area (Å²) in [6, 6.07) is 0.524. The first kappa shape index (κ1) is 10.5. The fourth-order valence-electron chi connectivity index (χ4n) is 1.99. The SMILES string of the molecule is C=CCC(C=C)N1CCCCCC1. The van der Waals surface area contributed by atoms with Crippen LogP contribution in [0.4, 0.5) is 0 Å². The summed E-state index contributed by atoms with van der Waals surface area (Å²) in [6.45, 7) is 10.2. The van der Waals surface area contributed by atoms with E-state index < -0.39 is 0 Å². The Bertz CT molecular complexity index is 155. The van der Waals surface area contributed by atoms with Gasteiger partial charge in [-0.05, 0) is 32.4 Å². The zero-order valence-electron chi connectivity index (χ0n) is 8.54. The third kappa shape index (κ3) is 3.35. The number of likely N-dealkylation sites (tertiary alicyclic amines) is 1. The molecule has 0 aromatic rings. The highest BCUT2D eigenvalue weighted by atomic mass is 15.1. The predicted octanol–water partition coefficient (Wildman–Crippen LogP) is 2.99. The third-order valence-electron chi connectivity index (χ3n) is 2.79. The van der Waals surface area contributed by atoms with Crippen LogP contribution in [0.2, 0.25) is 0 Å². The lowest BCUT2D eigenvalue weighted by atomic mass is 10.1. The first-order chi connectivity index (χ1) is 6.38. The standard InChI is InChI=1S/C12H21N/c1-3-9-12(4-2)13-10-7-5-6-8-11-13/h3-4,12H,1-2,5-11H2. The van der Waals surface area contributed by atoms with Crippen LogP contribution in [-0.2, 0) is 0 Å². The highest BCUT2D eigenvalue weighted by Crippen LogP contribution is 2.14. The Morgan fingerprint density at radius 2 is 1.69 bits per heavy atom. The molecule has 0 aliphatic carbocycles. The van der Waals surface area contributed by atoms with E-state index in [4.69, 9.17) is 0 Å². The first-order valence-electron chi connectivity index (χ1n) is 5.36. The van der Waals surface area contributed by atoms with E-state index >= 15 is 0 Å². The first-order valence-corrected chi connectivity index (χ1v) is 5.36. The minimum atomic E-state index is 0.524. The Kier molecular flexibility index (Phi) is 4.84. The average molecular weight is 179 g/mol. The number of rotatable bonds is 4. The highest BCUT2D eigenvalue weighted by molar-refractivity contribution is 4.93. The molecule has 1 nitrogen and oxygen atoms in total. The van der Waals surface area contributed by atoms with Gasteiger partial charge in [0.25, 0.3) is 0 Å². The fraction of sp³-hybridized carbons (Fsp3) is 0.667. The van der Waals surface area contributed by atoms with Crippen LogP contribution < -0.4 is 0 Å². The molecule has 0 N–H and O–H groups in total. The molecule has 1 aliphatic heterocycles. The molecule has 0 aromatic carbocycles. The Morgan fingerprint density at radius 1 is 1.08 bits per heavy atom. The summed E-state index contributed by atoms with van der Waals surface area (Å²) in [4.78, 5) is 2.54. The van der Waals surface area contributed by atoms with Crippen LogP contribution in [0.25, 0.3) is 0 Å². The molecule has 1 saturated heterocycles. The second kappa shape index (κ2) is 5.98. The summed E-state index contributed by atoms with van der Waals surface area (Å²) in [5.41, 5.74) is 0. The Labute approximate surface area is 82.1 Å². The molecule has 1 aliphatic rings. The number of hydrogen-bond donors (Lipinski definition) is 0. The van der Waals surface area contributed by atoms with Gasteiger partial charge in [-0.2, -0.15) is 0 Å². The number of hydrogen-bond acceptors (Lipinski definition) is 1. The molecule has 0 spiro atoms. The van der Waals surface area contributed by atoms with Crippen LogP contribution in [-0.4, -0.2) is 24.0 Å². The Hall–Kier alpha value is -0.560. The van der Waals surface area contributed by atoms with Gasteiger partial charge < -0.3 is 0 Å². The van der Waals surface area contributed by atoms with Gasteiger partial charge >= 0.3 is 0 Å². The topological polar surface area (TPSA) is 3.24 Å². The molecule has 1 heterocycles. The fourth-order valence-corrected chi connectivity index (χ4v) is 1.99. The van der Waals surface area contributed by atoms with Crippen molar-refractivity contribution in [2.45, 2.75) is 38.1 Å². The van der Waals surface area contributed by atoms with Gasteiger partial charge in [-0.15, -0.1) is 13.2 Å². The summed E-state index contributed by atoms with van der Waals surface area (Å²) in [5.74, 6) is 0. The molecule has 0 saturated carbocycles. The van der Waals surface area contributed by atoms with Crippen molar-refractivity contribution >= 4 is 0 Å². The maximum Gasteiger partial charge on any atom is 0.0309 e. The summed E-state index contributed by atoms with van der Waals surface area (Å²) in [6.07, 6.45) is 10.6. The van der Waals surface area contributed by atoms with E-state index in [0.29, 0.717) is 6.04 Å². The Morgan fingerprint density at radius 3 is 2.15 bits per heavy atom. The summed E-state index contributed by atoms with van der Waals surface area (Å²) in [7, 11) is 0. The summed E-state index contributed by atoms with van der Waals surface area (Å²) in [5, 5.41) is 0. The van der Waals surface area contributed by atoms with Crippen LogP contribution in [0.3, 0.4) is 0 Å². The van der Waals surface area contributed by atoms with Crippen molar-refractivity contribution in [2.75, 3.05) is 13.1 Å². The molecule has 0 amide bonds. The van der Waals surface area contributed by atoms with E-state index in [2.05, 4.69) is 24.1 Å². The molecule has 1 rings (SSSR count). The van der Waals surface area contributed by atoms with Crippen LogP contribution in [0, 0.1) is 0 Å². The largest absolute Gasteiger partial charge is 0.297 e. The molecule has 1 unspecified atom stereocenters. The molecule has 1 heteroatoms. The normalized spacial score (nSPS) is 21.8. The van der Waals surface area contributed by atoms with E-state index in [1.165, 1.54) is 38.8 Å². The van der Waals surface area contributed by atoms with E-state index in [9.17, 15) is 0 Å². The molecule has 1 fully saturated rings. The van der Waals surface area contributed by atoms with E-state index in [-0.39, 0.29) is 0 Å². The van der Waals surface area contributed by atoms with Gasteiger partial charge in [0.1, 0.15) is 0 Å². The van der Waals surface area contributed by atoms with E-state index in [0.717, 1.165) is 6.42 Å². The van der Waals surface area contributed by atoms with Gasteiger partial charge in [0, 0.05) is 6.04 Å². The van der Waals surface area contributed by atoms with Crippen LogP contribution in [0.1, 0.15) is 32.1 Å². The molecule has 0 bridgehead atoms. The van der Waals surface area contributed by atoms with E-state index in [1.807, 2.05) is 6.08 Å². The van der Waals surface area contributed by atoms with E-state index in [1.54, 1.807) is 0 Å². The van der Waals surface area contributed by atoms with Gasteiger partial charge in [0.2, 0.25) is 0 Å². The average Bonchev–Trinajstić information content (AvgIpc) is 2.42. The van der Waals surface area contributed by atoms with Gasteiger partial charge in [-0.25, -0.2) is 0 Å². The van der Waals surface area contributed by atoms with Crippen molar-refractivity contribution < 1.29 is 0 Å². The van der Waals surface area contributed by atoms with Crippen LogP contribution in [0.5, 0.6) is 0 Å². The summed E-state index contributed by atoms with van der Waals surface area (Å²) < 4.78 is 0. The van der Waals surface area contributed by atoms with Gasteiger partial charge in [-0.3, -0.25) is 4.90 Å².